The number of aromatic hydroxyl groups is 1. The molecule has 0 amide bonds. The van der Waals surface area contributed by atoms with Gasteiger partial charge in [0.2, 0.25) is 0 Å². The Hall–Kier alpha value is -1.85. The smallest absolute Gasteiger partial charge is 0.336 e. The molecule has 1 aliphatic rings. The predicted octanol–water partition coefficient (Wildman–Crippen LogP) is 1.29. The van der Waals surface area contributed by atoms with E-state index in [4.69, 9.17) is 4.42 Å². The van der Waals surface area contributed by atoms with E-state index in [9.17, 15) is 9.90 Å². The molecular weight excluding hydrogens is 256 g/mol. The third-order valence-electron chi connectivity index (χ3n) is 3.83. The number of piperazine rings is 1. The van der Waals surface area contributed by atoms with Crippen molar-refractivity contribution in [3.63, 3.8) is 0 Å². The molecule has 3 rings (SSSR count). The third-order valence-corrected chi connectivity index (χ3v) is 3.83. The molecule has 2 heterocycles. The van der Waals surface area contributed by atoms with Crippen LogP contribution in [0.5, 0.6) is 5.75 Å². The van der Waals surface area contributed by atoms with Crippen LogP contribution in [0, 0.1) is 0 Å². The van der Waals surface area contributed by atoms with Crippen LogP contribution in [0.1, 0.15) is 12.5 Å². The first-order valence-corrected chi connectivity index (χ1v) is 6.84. The minimum absolute atomic E-state index is 0.105. The maximum atomic E-state index is 11.7. The summed E-state index contributed by atoms with van der Waals surface area (Å²) in [7, 11) is 0. The molecule has 0 spiro atoms. The SMILES string of the molecule is CC1CNCCN1Cc1cc(=O)oc2cc(O)ccc12. The van der Waals surface area contributed by atoms with Gasteiger partial charge >= 0.3 is 5.63 Å². The van der Waals surface area contributed by atoms with Crippen molar-refractivity contribution < 1.29 is 9.52 Å². The minimum Gasteiger partial charge on any atom is -0.508 e. The lowest BCUT2D eigenvalue weighted by molar-refractivity contribution is 0.166. The van der Waals surface area contributed by atoms with E-state index in [2.05, 4.69) is 17.1 Å². The summed E-state index contributed by atoms with van der Waals surface area (Å²) in [6, 6.07) is 6.89. The highest BCUT2D eigenvalue weighted by Crippen LogP contribution is 2.23. The van der Waals surface area contributed by atoms with Gasteiger partial charge in [-0.1, -0.05) is 0 Å². The standard InChI is InChI=1S/C15H18N2O3/c1-10-8-16-4-5-17(10)9-11-6-15(19)20-14-7-12(18)2-3-13(11)14/h2-3,6-7,10,16,18H,4-5,8-9H2,1H3. The van der Waals surface area contributed by atoms with Crippen molar-refractivity contribution in [2.75, 3.05) is 19.6 Å². The average Bonchev–Trinajstić information content (AvgIpc) is 2.40. The van der Waals surface area contributed by atoms with E-state index in [1.54, 1.807) is 18.2 Å². The maximum Gasteiger partial charge on any atom is 0.336 e. The summed E-state index contributed by atoms with van der Waals surface area (Å²) in [5.74, 6) is 0.105. The van der Waals surface area contributed by atoms with Gasteiger partial charge in [-0.25, -0.2) is 4.79 Å². The monoisotopic (exact) mass is 274 g/mol. The number of rotatable bonds is 2. The number of nitrogens with zero attached hydrogens (tertiary/aromatic N) is 1. The lowest BCUT2D eigenvalue weighted by Crippen LogP contribution is -2.49. The molecule has 1 aromatic carbocycles. The van der Waals surface area contributed by atoms with Crippen LogP contribution in [-0.2, 0) is 6.54 Å². The summed E-state index contributed by atoms with van der Waals surface area (Å²) < 4.78 is 5.15. The van der Waals surface area contributed by atoms with Crippen LogP contribution in [-0.4, -0.2) is 35.7 Å². The van der Waals surface area contributed by atoms with E-state index in [0.29, 0.717) is 11.6 Å². The highest BCUT2D eigenvalue weighted by Gasteiger charge is 2.19. The second kappa shape index (κ2) is 5.26. The Morgan fingerprint density at radius 3 is 3.10 bits per heavy atom. The highest BCUT2D eigenvalue weighted by atomic mass is 16.4. The topological polar surface area (TPSA) is 65.7 Å². The highest BCUT2D eigenvalue weighted by molar-refractivity contribution is 5.81. The van der Waals surface area contributed by atoms with Crippen molar-refractivity contribution in [1.29, 1.82) is 0 Å². The number of hydrogen-bond acceptors (Lipinski definition) is 5. The van der Waals surface area contributed by atoms with E-state index < -0.39 is 0 Å². The van der Waals surface area contributed by atoms with E-state index in [0.717, 1.165) is 37.1 Å². The summed E-state index contributed by atoms with van der Waals surface area (Å²) in [5.41, 5.74) is 1.01. The Bertz CT molecular complexity index is 680. The summed E-state index contributed by atoms with van der Waals surface area (Å²) in [6.45, 7) is 5.77. The Kier molecular flexibility index (Phi) is 3.46. The van der Waals surface area contributed by atoms with Crippen molar-refractivity contribution in [2.24, 2.45) is 0 Å². The van der Waals surface area contributed by atoms with Crippen LogP contribution in [0.15, 0.2) is 33.5 Å². The van der Waals surface area contributed by atoms with Crippen molar-refractivity contribution in [3.8, 4) is 5.75 Å². The zero-order chi connectivity index (χ0) is 14.1. The summed E-state index contributed by atoms with van der Waals surface area (Å²) in [5, 5.41) is 13.7. The number of phenolic OH excluding ortho intramolecular Hbond substituents is 1. The lowest BCUT2D eigenvalue weighted by Gasteiger charge is -2.34. The average molecular weight is 274 g/mol. The summed E-state index contributed by atoms with van der Waals surface area (Å²) in [6.07, 6.45) is 0. The Labute approximate surface area is 116 Å². The summed E-state index contributed by atoms with van der Waals surface area (Å²) in [4.78, 5) is 14.0. The Morgan fingerprint density at radius 1 is 1.45 bits per heavy atom. The van der Waals surface area contributed by atoms with E-state index in [1.165, 1.54) is 6.07 Å². The van der Waals surface area contributed by atoms with Crippen molar-refractivity contribution >= 4 is 11.0 Å². The molecule has 1 saturated heterocycles. The first-order valence-electron chi connectivity index (χ1n) is 6.84. The molecule has 1 unspecified atom stereocenters. The molecule has 20 heavy (non-hydrogen) atoms. The molecule has 0 bridgehead atoms. The largest absolute Gasteiger partial charge is 0.508 e. The predicted molar refractivity (Wildman–Crippen MR) is 76.9 cm³/mol. The van der Waals surface area contributed by atoms with Crippen molar-refractivity contribution in [3.05, 3.63) is 40.2 Å². The van der Waals surface area contributed by atoms with Gasteiger partial charge in [0, 0.05) is 49.7 Å². The molecule has 5 heteroatoms. The van der Waals surface area contributed by atoms with Crippen LogP contribution in [0.3, 0.4) is 0 Å². The third kappa shape index (κ3) is 2.55. The molecule has 1 aromatic heterocycles. The van der Waals surface area contributed by atoms with Crippen LogP contribution in [0.4, 0.5) is 0 Å². The molecule has 1 fully saturated rings. The fraction of sp³-hybridized carbons (Fsp3) is 0.400. The van der Waals surface area contributed by atoms with Crippen molar-refractivity contribution in [1.82, 2.24) is 10.2 Å². The molecule has 0 aliphatic carbocycles. The zero-order valence-electron chi connectivity index (χ0n) is 11.4. The minimum atomic E-state index is -0.374. The van der Waals surface area contributed by atoms with Gasteiger partial charge in [-0.05, 0) is 24.6 Å². The van der Waals surface area contributed by atoms with E-state index in [1.807, 2.05) is 0 Å². The van der Waals surface area contributed by atoms with Crippen LogP contribution in [0.25, 0.3) is 11.0 Å². The quantitative estimate of drug-likeness (QED) is 0.808. The molecule has 106 valence electrons. The van der Waals surface area contributed by atoms with Gasteiger partial charge in [0.15, 0.2) is 0 Å². The molecule has 2 N–H and O–H groups in total. The normalized spacial score (nSPS) is 20.4. The van der Waals surface area contributed by atoms with Crippen LogP contribution >= 0.6 is 0 Å². The molecule has 1 atom stereocenters. The molecule has 0 saturated carbocycles. The fourth-order valence-electron chi connectivity index (χ4n) is 2.69. The number of fused-ring (bicyclic) bond motifs is 1. The number of benzene rings is 1. The van der Waals surface area contributed by atoms with E-state index in [-0.39, 0.29) is 11.4 Å². The molecular formula is C15H18N2O3. The van der Waals surface area contributed by atoms with Gasteiger partial charge in [-0.15, -0.1) is 0 Å². The maximum absolute atomic E-state index is 11.7. The Balaban J connectivity index is 2.00. The molecule has 0 radical (unpaired) electrons. The number of hydrogen-bond donors (Lipinski definition) is 2. The molecule has 2 aromatic rings. The zero-order valence-corrected chi connectivity index (χ0v) is 11.4. The first kappa shape index (κ1) is 13.1. The van der Waals surface area contributed by atoms with Gasteiger partial charge in [-0.2, -0.15) is 0 Å². The van der Waals surface area contributed by atoms with Crippen molar-refractivity contribution in [2.45, 2.75) is 19.5 Å². The second-order valence-electron chi connectivity index (χ2n) is 5.29. The van der Waals surface area contributed by atoms with Gasteiger partial charge in [0.25, 0.3) is 0 Å². The van der Waals surface area contributed by atoms with Gasteiger partial charge in [0.1, 0.15) is 11.3 Å². The van der Waals surface area contributed by atoms with Gasteiger partial charge in [-0.3, -0.25) is 4.90 Å². The Morgan fingerprint density at radius 2 is 2.30 bits per heavy atom. The van der Waals surface area contributed by atoms with Gasteiger partial charge in [0.05, 0.1) is 0 Å². The van der Waals surface area contributed by atoms with Crippen LogP contribution < -0.4 is 10.9 Å². The van der Waals surface area contributed by atoms with E-state index >= 15 is 0 Å². The second-order valence-corrected chi connectivity index (χ2v) is 5.29. The lowest BCUT2D eigenvalue weighted by atomic mass is 10.1. The summed E-state index contributed by atoms with van der Waals surface area (Å²) >= 11 is 0. The fourth-order valence-corrected chi connectivity index (χ4v) is 2.69. The number of phenols is 1. The molecule has 5 nitrogen and oxygen atoms in total. The number of nitrogens with one attached hydrogen (secondary N) is 1. The molecule has 1 aliphatic heterocycles. The first-order chi connectivity index (χ1) is 9.63. The van der Waals surface area contributed by atoms with Crippen LogP contribution in [0.2, 0.25) is 0 Å². The van der Waals surface area contributed by atoms with Gasteiger partial charge < -0.3 is 14.8 Å².